The number of β-lactam (4-membered cyclic amide) rings is 1. The summed E-state index contributed by atoms with van der Waals surface area (Å²) in [6.07, 6.45) is 0. The van der Waals surface area contributed by atoms with E-state index < -0.39 is 40.7 Å². The largest absolute Gasteiger partial charge is 0.489 e. The Labute approximate surface area is 200 Å². The molecule has 0 aliphatic carbocycles. The molecule has 1 aromatic heterocycles. The van der Waals surface area contributed by atoms with Crippen LogP contribution in [-0.4, -0.2) is 69.5 Å². The molecule has 2 aliphatic heterocycles. The van der Waals surface area contributed by atoms with E-state index in [9.17, 15) is 24.0 Å². The summed E-state index contributed by atoms with van der Waals surface area (Å²) in [6, 6.07) is 4.55. The predicted molar refractivity (Wildman–Crippen MR) is 121 cm³/mol. The van der Waals surface area contributed by atoms with Gasteiger partial charge in [0, 0.05) is 22.8 Å². The quantitative estimate of drug-likeness (QED) is 0.163. The Kier molecular flexibility index (Phi) is 6.70. The van der Waals surface area contributed by atoms with Gasteiger partial charge in [-0.2, -0.15) is 0 Å². The second-order valence-electron chi connectivity index (χ2n) is 7.07. The number of halogens is 1. The minimum Gasteiger partial charge on any atom is -0.489 e. The highest BCUT2D eigenvalue weighted by atomic mass is 32.2. The number of rotatable bonds is 7. The van der Waals surface area contributed by atoms with Crippen LogP contribution < -0.4 is 15.8 Å². The zero-order valence-corrected chi connectivity index (χ0v) is 19.2. The van der Waals surface area contributed by atoms with Crippen LogP contribution in [0.1, 0.15) is 5.69 Å². The van der Waals surface area contributed by atoms with Crippen LogP contribution in [0.5, 0.6) is 5.75 Å². The summed E-state index contributed by atoms with van der Waals surface area (Å²) in [7, 11) is 1.18. The van der Waals surface area contributed by atoms with Crippen molar-refractivity contribution in [2.75, 3.05) is 25.2 Å². The Morgan fingerprint density at radius 2 is 2.24 bits per heavy atom. The number of thiazole rings is 1. The fourth-order valence-electron chi connectivity index (χ4n) is 3.43. The number of thioether (sulfide) groups is 1. The second-order valence-corrected chi connectivity index (χ2v) is 9.06. The molecular weight excluding hydrogens is 489 g/mol. The average molecular weight is 508 g/mol. The molecule has 4 N–H and O–H groups in total. The fourth-order valence-corrected chi connectivity index (χ4v) is 5.30. The molecule has 1 aromatic carbocycles. The molecule has 178 valence electrons. The van der Waals surface area contributed by atoms with Gasteiger partial charge in [-0.15, -0.1) is 23.1 Å². The molecule has 2 atom stereocenters. The number of aromatic nitrogens is 1. The number of carbonyl (C=O) groups excluding carboxylic acids is 3. The Morgan fingerprint density at radius 3 is 2.88 bits per heavy atom. The van der Waals surface area contributed by atoms with Gasteiger partial charge in [-0.05, 0) is 12.1 Å². The third kappa shape index (κ3) is 4.41. The van der Waals surface area contributed by atoms with E-state index in [4.69, 9.17) is 15.2 Å². The van der Waals surface area contributed by atoms with Crippen molar-refractivity contribution in [3.63, 3.8) is 0 Å². The molecule has 0 radical (unpaired) electrons. The highest BCUT2D eigenvalue weighted by Gasteiger charge is 2.54. The topological polar surface area (TPSA) is 156 Å². The number of nitrogen functional groups attached to an aromatic ring is 1. The number of anilines is 1. The third-order valence-corrected chi connectivity index (χ3v) is 7.01. The molecule has 0 spiro atoms. The van der Waals surface area contributed by atoms with Crippen LogP contribution in [0.15, 0.2) is 46.1 Å². The van der Waals surface area contributed by atoms with Gasteiger partial charge in [0.05, 0.1) is 7.11 Å². The maximum absolute atomic E-state index is 13.4. The number of fused-ring (bicyclic) bond motifs is 1. The van der Waals surface area contributed by atoms with E-state index in [1.165, 1.54) is 47.4 Å². The molecule has 11 nitrogen and oxygen atoms in total. The van der Waals surface area contributed by atoms with Crippen molar-refractivity contribution in [1.82, 2.24) is 15.2 Å². The molecule has 14 heteroatoms. The van der Waals surface area contributed by atoms with Crippen molar-refractivity contribution in [2.24, 2.45) is 5.16 Å². The molecule has 3 heterocycles. The summed E-state index contributed by atoms with van der Waals surface area (Å²) < 4.78 is 23.9. The Balaban J connectivity index is 1.50. The number of hydrogen-bond donors (Lipinski definition) is 3. The molecule has 2 aromatic rings. The summed E-state index contributed by atoms with van der Waals surface area (Å²) in [4.78, 5) is 43.1. The van der Waals surface area contributed by atoms with Gasteiger partial charge in [0.15, 0.2) is 10.8 Å². The van der Waals surface area contributed by atoms with Gasteiger partial charge < -0.3 is 25.7 Å². The number of benzene rings is 1. The first-order valence-electron chi connectivity index (χ1n) is 9.71. The summed E-state index contributed by atoms with van der Waals surface area (Å²) in [5.41, 5.74) is 5.72. The van der Waals surface area contributed by atoms with Crippen molar-refractivity contribution < 1.29 is 33.5 Å². The molecule has 1 unspecified atom stereocenters. The van der Waals surface area contributed by atoms with E-state index in [2.05, 4.69) is 15.5 Å². The van der Waals surface area contributed by atoms with Crippen LogP contribution in [0, 0.1) is 5.82 Å². The lowest BCUT2D eigenvalue weighted by atomic mass is 10.0. The van der Waals surface area contributed by atoms with E-state index in [1.54, 1.807) is 6.07 Å². The van der Waals surface area contributed by atoms with E-state index in [-0.39, 0.29) is 28.9 Å². The number of hydrogen-bond acceptors (Lipinski definition) is 11. The Bertz CT molecular complexity index is 1220. The molecule has 2 aliphatic rings. The molecule has 1 saturated heterocycles. The maximum Gasteiger partial charge on any atom is 0.354 e. The van der Waals surface area contributed by atoms with Crippen LogP contribution in [0.4, 0.5) is 9.52 Å². The first-order valence-corrected chi connectivity index (χ1v) is 11.6. The summed E-state index contributed by atoms with van der Waals surface area (Å²) in [6.45, 7) is -0.0685. The molecule has 34 heavy (non-hydrogen) atoms. The zero-order valence-electron chi connectivity index (χ0n) is 17.6. The van der Waals surface area contributed by atoms with Crippen LogP contribution in [-0.2, 0) is 19.1 Å². The lowest BCUT2D eigenvalue weighted by Crippen LogP contribution is -2.71. The third-order valence-electron chi connectivity index (χ3n) is 5.00. The number of methoxy groups -OCH3 is 1. The first kappa shape index (κ1) is 23.5. The van der Waals surface area contributed by atoms with Gasteiger partial charge in [-0.25, -0.2) is 14.2 Å². The van der Waals surface area contributed by atoms with Crippen LogP contribution in [0.2, 0.25) is 0 Å². The predicted octanol–water partition coefficient (Wildman–Crippen LogP) is 0.949. The lowest BCUT2D eigenvalue weighted by molar-refractivity contribution is -0.151. The van der Waals surface area contributed by atoms with Gasteiger partial charge in [0.1, 0.15) is 41.0 Å². The van der Waals surface area contributed by atoms with Crippen molar-refractivity contribution in [1.29, 1.82) is 0 Å². The van der Waals surface area contributed by atoms with E-state index >= 15 is 0 Å². The van der Waals surface area contributed by atoms with Gasteiger partial charge >= 0.3 is 5.97 Å². The number of nitrogens with one attached hydrogen (secondary N) is 1. The second kappa shape index (κ2) is 9.69. The average Bonchev–Trinajstić information content (AvgIpc) is 3.26. The van der Waals surface area contributed by atoms with Crippen LogP contribution in [0.3, 0.4) is 0 Å². The number of amides is 2. The van der Waals surface area contributed by atoms with E-state index in [0.717, 1.165) is 11.3 Å². The molecular formula is C20H18FN5O6S2. The molecule has 1 fully saturated rings. The zero-order chi connectivity index (χ0) is 24.4. The summed E-state index contributed by atoms with van der Waals surface area (Å²) >= 11 is 2.36. The highest BCUT2D eigenvalue weighted by molar-refractivity contribution is 8.00. The summed E-state index contributed by atoms with van der Waals surface area (Å²) in [5.74, 6) is -2.02. The lowest BCUT2D eigenvalue weighted by Gasteiger charge is -2.49. The van der Waals surface area contributed by atoms with Gasteiger partial charge in [0.25, 0.3) is 11.8 Å². The van der Waals surface area contributed by atoms with Gasteiger partial charge in [0.2, 0.25) is 0 Å². The Hall–Kier alpha value is -3.65. The summed E-state index contributed by atoms with van der Waals surface area (Å²) in [5, 5.41) is 15.8. The fraction of sp³-hybridized carbons (Fsp3) is 0.250. The normalized spacial score (nSPS) is 19.9. The van der Waals surface area contributed by atoms with Crippen LogP contribution >= 0.6 is 23.1 Å². The van der Waals surface area contributed by atoms with Crippen molar-refractivity contribution >= 4 is 51.7 Å². The molecule has 4 rings (SSSR count). The number of esters is 1. The number of nitrogens with two attached hydrogens (primary N) is 1. The molecule has 0 saturated carbocycles. The van der Waals surface area contributed by atoms with Crippen molar-refractivity contribution in [3.8, 4) is 5.75 Å². The van der Waals surface area contributed by atoms with Gasteiger partial charge in [-0.3, -0.25) is 14.5 Å². The monoisotopic (exact) mass is 507 g/mol. The minimum absolute atomic E-state index is 0.0153. The van der Waals surface area contributed by atoms with Crippen molar-refractivity contribution in [2.45, 2.75) is 11.4 Å². The SMILES string of the molecule is COC(=O)C1=C(COc2cccc(F)c2)CS[C@H]2C(NC(=O)C(=NO)c3csc(N)n3)C(=O)N12. The number of oxime groups is 1. The Morgan fingerprint density at radius 1 is 1.44 bits per heavy atom. The maximum atomic E-state index is 13.4. The molecule has 0 bridgehead atoms. The minimum atomic E-state index is -0.976. The van der Waals surface area contributed by atoms with Gasteiger partial charge in [-0.1, -0.05) is 11.2 Å². The standard InChI is InChI=1S/C20H18FN5O6S2/c1-31-19(29)15-9(6-32-11-4-2-3-10(21)5-11)7-33-18-14(17(28)26(15)18)24-16(27)13(25-30)12-8-34-20(22)23-12/h2-5,8,14,18,30H,6-7H2,1H3,(H2,22,23)(H,24,27)/t14?,18-/m0/s1. The van der Waals surface area contributed by atoms with Crippen LogP contribution in [0.25, 0.3) is 0 Å². The van der Waals surface area contributed by atoms with E-state index in [0.29, 0.717) is 11.3 Å². The number of carbonyl (C=O) groups is 3. The van der Waals surface area contributed by atoms with Crippen molar-refractivity contribution in [3.05, 3.63) is 52.4 Å². The number of nitrogens with zero attached hydrogens (tertiary/aromatic N) is 3. The number of ether oxygens (including phenoxy) is 2. The molecule has 2 amide bonds. The first-order chi connectivity index (χ1) is 16.3. The highest BCUT2D eigenvalue weighted by Crippen LogP contribution is 2.40. The van der Waals surface area contributed by atoms with E-state index in [1.807, 2.05) is 0 Å². The smallest absolute Gasteiger partial charge is 0.354 e.